The van der Waals surface area contributed by atoms with E-state index in [0.717, 1.165) is 176 Å². The third-order valence-electron chi connectivity index (χ3n) is 30.1. The predicted molar refractivity (Wildman–Crippen MR) is 595 cm³/mol. The zero-order valence-electron chi connectivity index (χ0n) is 78.6. The van der Waals surface area contributed by atoms with Gasteiger partial charge in [-0.1, -0.05) is 291 Å². The lowest BCUT2D eigenvalue weighted by Crippen LogP contribution is -2.57. The molecule has 0 spiro atoms. The molecule has 33 rings (SSSR count). The Hall–Kier alpha value is -19.0. The van der Waals surface area contributed by atoms with Crippen LogP contribution in [0.5, 0.6) is 92.0 Å². The summed E-state index contributed by atoms with van der Waals surface area (Å²) >= 11 is 0. The number of benzene rings is 21. The Kier molecular flexibility index (Phi) is 18.9. The highest BCUT2D eigenvalue weighted by molar-refractivity contribution is 7.00. The van der Waals surface area contributed by atoms with Gasteiger partial charge in [-0.2, -0.15) is 0 Å². The summed E-state index contributed by atoms with van der Waals surface area (Å²) in [6, 6.07) is 168. The Morgan fingerprint density at radius 3 is 0.829 bits per heavy atom. The van der Waals surface area contributed by atoms with E-state index in [1.807, 2.05) is 60.7 Å². The third-order valence-corrected chi connectivity index (χ3v) is 30.1. The van der Waals surface area contributed by atoms with E-state index in [4.69, 9.17) is 37.9 Å². The first kappa shape index (κ1) is 82.8. The minimum absolute atomic E-state index is 0.0806. The van der Waals surface area contributed by atoms with E-state index in [1.54, 1.807) is 0 Å². The Balaban J connectivity index is 0.0000000907. The SMILES string of the molecule is c1ccc(-n2c(-c3cc4c5c(c3)Oc3ccccc3B5c3ccccc3O4)cc3ccccc32)cc1.c1ccc(-n2c3ccccc3c3cc(-c4cc5c6c(c4)Oc4ccccc4B6c4ccccc4O5)ccc32)cc1.c1ccc(-n2c3ccccc3c3ccc(-c4cc5c6c(c4)Oc4ccccc4B6c4ccccc4O5)cc32)cc1.c1ccc2c(c1)Oc1cc(-n3ccc4ccccc43)cc3c1B2c1ccccc1O3. The Morgan fingerprint density at radius 1 is 0.151 bits per heavy atom. The summed E-state index contributed by atoms with van der Waals surface area (Å²) in [5.74, 6) is 14.1. The van der Waals surface area contributed by atoms with Crippen molar-refractivity contribution in [1.82, 2.24) is 18.3 Å². The van der Waals surface area contributed by atoms with Gasteiger partial charge in [-0.05, 0) is 247 Å². The van der Waals surface area contributed by atoms with Crippen molar-refractivity contribution in [2.75, 3.05) is 0 Å². The highest BCUT2D eigenvalue weighted by atomic mass is 16.5. The molecule has 0 atom stereocenters. The zero-order valence-corrected chi connectivity index (χ0v) is 78.6. The molecule has 0 N–H and O–H groups in total. The average Bonchev–Trinajstić information content (AvgIpc) is 1.17. The van der Waals surface area contributed by atoms with E-state index in [1.165, 1.54) is 104 Å². The molecule has 0 unspecified atom stereocenters. The van der Waals surface area contributed by atoms with Crippen molar-refractivity contribution in [1.29, 1.82) is 0 Å². The molecule has 12 nitrogen and oxygen atoms in total. The van der Waals surface area contributed by atoms with Gasteiger partial charge < -0.3 is 56.2 Å². The fourth-order valence-corrected chi connectivity index (χ4v) is 23.7. The van der Waals surface area contributed by atoms with Crippen LogP contribution in [0.25, 0.3) is 122 Å². The molecule has 146 heavy (non-hydrogen) atoms. The normalized spacial score (nSPS) is 12.9. The van der Waals surface area contributed by atoms with Crippen molar-refractivity contribution in [3.05, 3.63) is 485 Å². The lowest BCUT2D eigenvalue weighted by molar-refractivity contribution is 0.463. The highest BCUT2D eigenvalue weighted by Crippen LogP contribution is 2.48. The number of hydrogen-bond donors (Lipinski definition) is 0. The topological polar surface area (TPSA) is 93.6 Å². The number of hydrogen-bond acceptors (Lipinski definition) is 8. The first-order valence-corrected chi connectivity index (χ1v) is 49.7. The standard InChI is InChI=1S/2C36H22BNO2.C32H20BNO2.C26H16BNO2/c1-2-10-25(11-3-1)38-30-15-7-4-12-26(30)27-20-23(18-19-31(27)38)24-21-34-36-35(22-24)40-33-17-9-6-14-29(33)37(36)28-13-5-8-16-32(28)39-34;1-2-10-25(11-3-1)38-30-15-7-4-12-26(30)27-19-18-23(20-31(27)38)24-21-34-36-35(22-24)40-33-17-9-6-14-29(33)37(36)28-13-5-8-16-32(28)39-34;1-2-11-23(12-3-1)34-26-15-7-4-10-21(26)18-27(34)22-19-30-32-31(20-22)36-29-17-9-6-14-25(29)33(32)24-13-5-8-16-28(24)35-30;1-4-10-21-17(7-1)13-14-28(21)18-15-24-26-25(16-18)30-23-12-6-3-9-20(23)27(26)19-8-2-5-11-22(19)29-24/h2*1-22H;1-20H;1-16H. The first-order chi connectivity index (χ1) is 72.4. The molecule has 0 fully saturated rings. The molecule has 680 valence electrons. The Bertz CT molecular complexity index is 9450. The van der Waals surface area contributed by atoms with Crippen molar-refractivity contribution < 1.29 is 37.9 Å². The number of fused-ring (bicyclic) bond motifs is 24. The van der Waals surface area contributed by atoms with E-state index in [0.29, 0.717) is 0 Å². The largest absolute Gasteiger partial charge is 0.458 e. The zero-order chi connectivity index (χ0) is 95.7. The first-order valence-electron chi connectivity index (χ1n) is 49.7. The molecule has 21 aromatic carbocycles. The molecule has 0 saturated heterocycles. The lowest BCUT2D eigenvalue weighted by atomic mass is 9.35. The number of para-hydroxylation sites is 15. The molecular formula is C130H80B4N4O8. The van der Waals surface area contributed by atoms with Crippen LogP contribution in [0.3, 0.4) is 0 Å². The molecule has 0 bridgehead atoms. The van der Waals surface area contributed by atoms with Crippen molar-refractivity contribution in [3.63, 3.8) is 0 Å². The molecule has 0 aliphatic carbocycles. The maximum Gasteiger partial charge on any atom is 0.260 e. The van der Waals surface area contributed by atoms with Gasteiger partial charge in [-0.3, -0.25) is 0 Å². The fraction of sp³-hybridized carbons (Fsp3) is 0. The second-order valence-corrected chi connectivity index (χ2v) is 38.2. The van der Waals surface area contributed by atoms with Gasteiger partial charge in [0.2, 0.25) is 0 Å². The highest BCUT2D eigenvalue weighted by Gasteiger charge is 2.46. The summed E-state index contributed by atoms with van der Waals surface area (Å²) in [6.07, 6.45) is 2.10. The Morgan fingerprint density at radius 2 is 0.432 bits per heavy atom. The fourth-order valence-electron chi connectivity index (χ4n) is 23.7. The summed E-state index contributed by atoms with van der Waals surface area (Å²) in [4.78, 5) is 0. The number of rotatable bonds is 7. The van der Waals surface area contributed by atoms with E-state index >= 15 is 0 Å². The molecule has 4 aromatic heterocycles. The molecule has 16 heteroatoms. The number of ether oxygens (including phenoxy) is 8. The van der Waals surface area contributed by atoms with Crippen LogP contribution in [0.2, 0.25) is 0 Å². The summed E-state index contributed by atoms with van der Waals surface area (Å²) in [5, 5.41) is 7.34. The van der Waals surface area contributed by atoms with Gasteiger partial charge in [-0.25, -0.2) is 0 Å². The smallest absolute Gasteiger partial charge is 0.260 e. The van der Waals surface area contributed by atoms with Gasteiger partial charge in [0.25, 0.3) is 26.9 Å². The van der Waals surface area contributed by atoms with Gasteiger partial charge in [-0.15, -0.1) is 0 Å². The van der Waals surface area contributed by atoms with Crippen LogP contribution in [-0.2, 0) is 0 Å². The van der Waals surface area contributed by atoms with E-state index < -0.39 is 0 Å². The van der Waals surface area contributed by atoms with Gasteiger partial charge in [0, 0.05) is 89.7 Å². The van der Waals surface area contributed by atoms with Crippen molar-refractivity contribution in [2.45, 2.75) is 0 Å². The molecule has 0 amide bonds. The molecule has 0 radical (unpaired) electrons. The summed E-state index contributed by atoms with van der Waals surface area (Å²) in [7, 11) is 0. The average molecular weight is 1870 g/mol. The monoisotopic (exact) mass is 1870 g/mol. The molecule has 12 heterocycles. The van der Waals surface area contributed by atoms with Crippen LogP contribution < -0.4 is 103 Å². The van der Waals surface area contributed by atoms with Crippen LogP contribution in [0.4, 0.5) is 0 Å². The summed E-state index contributed by atoms with van der Waals surface area (Å²) in [5.41, 5.74) is 31.9. The quantitative estimate of drug-likeness (QED) is 0.146. The van der Waals surface area contributed by atoms with Crippen molar-refractivity contribution in [3.8, 4) is 148 Å². The maximum absolute atomic E-state index is 6.54. The van der Waals surface area contributed by atoms with Gasteiger partial charge in [0.05, 0.1) is 44.5 Å². The number of aromatic nitrogens is 4. The van der Waals surface area contributed by atoms with Crippen LogP contribution >= 0.6 is 0 Å². The van der Waals surface area contributed by atoms with Crippen LogP contribution in [0.1, 0.15) is 0 Å². The van der Waals surface area contributed by atoms with Crippen molar-refractivity contribution in [2.24, 2.45) is 0 Å². The minimum Gasteiger partial charge on any atom is -0.458 e. The second-order valence-electron chi connectivity index (χ2n) is 38.2. The summed E-state index contributed by atoms with van der Waals surface area (Å²) in [6.45, 7) is 0.358. The molecular weight excluding hydrogens is 1790 g/mol. The predicted octanol–water partition coefficient (Wildman–Crippen LogP) is 24.7. The number of nitrogens with zero attached hydrogens (tertiary/aromatic N) is 4. The van der Waals surface area contributed by atoms with E-state index in [9.17, 15) is 0 Å². The van der Waals surface area contributed by atoms with Crippen LogP contribution in [0, 0.1) is 0 Å². The third kappa shape index (κ3) is 13.3. The molecule has 0 saturated carbocycles. The van der Waals surface area contributed by atoms with Crippen LogP contribution in [-0.4, -0.2) is 45.1 Å². The second kappa shape index (κ2) is 33.3. The maximum atomic E-state index is 6.54. The van der Waals surface area contributed by atoms with Crippen molar-refractivity contribution >= 4 is 158 Å². The molecule has 8 aliphatic heterocycles. The van der Waals surface area contributed by atoms with E-state index in [2.05, 4.69) is 443 Å². The molecule has 8 aliphatic rings. The van der Waals surface area contributed by atoms with E-state index in [-0.39, 0.29) is 26.9 Å². The van der Waals surface area contributed by atoms with Crippen LogP contribution in [0.15, 0.2) is 485 Å². The minimum atomic E-state index is 0.0806. The Labute approximate surface area is 841 Å². The van der Waals surface area contributed by atoms with Gasteiger partial charge >= 0.3 is 0 Å². The van der Waals surface area contributed by atoms with Gasteiger partial charge in [0.1, 0.15) is 92.0 Å². The van der Waals surface area contributed by atoms with Gasteiger partial charge in [0.15, 0.2) is 0 Å². The summed E-state index contributed by atoms with van der Waals surface area (Å²) < 4.78 is 61.2. The molecule has 25 aromatic rings. The lowest BCUT2D eigenvalue weighted by Gasteiger charge is -2.33.